The topological polar surface area (TPSA) is 71.3 Å². The van der Waals surface area contributed by atoms with Crippen LogP contribution in [0.15, 0.2) is 27.8 Å². The van der Waals surface area contributed by atoms with Gasteiger partial charge in [-0.3, -0.25) is 4.99 Å². The Morgan fingerprint density at radius 3 is 2.77 bits per heavy atom. The molecular formula is C23H41IN4O3. The van der Waals surface area contributed by atoms with Gasteiger partial charge < -0.3 is 29.4 Å². The molecule has 2 N–H and O–H groups in total. The van der Waals surface area contributed by atoms with Crippen LogP contribution < -0.4 is 10.6 Å². The number of ether oxygens (including phenoxy) is 2. The molecule has 2 aliphatic rings. The van der Waals surface area contributed by atoms with Crippen LogP contribution in [-0.4, -0.2) is 75.0 Å². The van der Waals surface area contributed by atoms with E-state index in [1.807, 2.05) is 12.1 Å². The Hall–Kier alpha value is -0.840. The number of nitrogens with one attached hydrogen (secondary N) is 2. The molecule has 2 fully saturated rings. The standard InChI is InChI=1S/C23H40N4O3.HI/c1-19(2)28-17-14-27-12-9-20(10-13-27)26-23(24-11-8-21-7-5-16-29-21)25-18-22-6-3-4-15-30-22;/h5,7,16,19-20,22H,3-4,6,8-15,17-18H2,1-2H3,(H2,24,25,26);1H. The molecule has 0 aliphatic carbocycles. The van der Waals surface area contributed by atoms with E-state index in [1.165, 1.54) is 12.8 Å². The molecule has 8 heteroatoms. The fourth-order valence-electron chi connectivity index (χ4n) is 3.97. The van der Waals surface area contributed by atoms with Crippen molar-refractivity contribution in [1.82, 2.24) is 15.5 Å². The first-order valence-electron chi connectivity index (χ1n) is 11.7. The lowest BCUT2D eigenvalue weighted by Gasteiger charge is -2.33. The highest BCUT2D eigenvalue weighted by atomic mass is 127. The second-order valence-corrected chi connectivity index (χ2v) is 8.61. The molecular weight excluding hydrogens is 507 g/mol. The van der Waals surface area contributed by atoms with Crippen LogP contribution in [0.5, 0.6) is 0 Å². The van der Waals surface area contributed by atoms with Crippen LogP contribution in [0.25, 0.3) is 0 Å². The smallest absolute Gasteiger partial charge is 0.191 e. The lowest BCUT2D eigenvalue weighted by molar-refractivity contribution is 0.0224. The molecule has 1 aromatic rings. The Balaban J connectivity index is 0.00000341. The molecule has 1 unspecified atom stereocenters. The van der Waals surface area contributed by atoms with E-state index in [9.17, 15) is 0 Å². The molecule has 0 spiro atoms. The predicted molar refractivity (Wildman–Crippen MR) is 135 cm³/mol. The van der Waals surface area contributed by atoms with E-state index >= 15 is 0 Å². The fourth-order valence-corrected chi connectivity index (χ4v) is 3.97. The first-order valence-corrected chi connectivity index (χ1v) is 11.7. The van der Waals surface area contributed by atoms with Gasteiger partial charge in [-0.05, 0) is 58.1 Å². The number of furan rings is 1. The monoisotopic (exact) mass is 548 g/mol. The summed E-state index contributed by atoms with van der Waals surface area (Å²) in [5.41, 5.74) is 0. The van der Waals surface area contributed by atoms with Gasteiger partial charge in [-0.25, -0.2) is 0 Å². The number of hydrogen-bond acceptors (Lipinski definition) is 5. The minimum atomic E-state index is 0. The van der Waals surface area contributed by atoms with Gasteiger partial charge in [0.05, 0.1) is 31.6 Å². The van der Waals surface area contributed by atoms with Crippen LogP contribution in [0.2, 0.25) is 0 Å². The van der Waals surface area contributed by atoms with E-state index in [2.05, 4.69) is 29.4 Å². The fraction of sp³-hybridized carbons (Fsp3) is 0.783. The molecule has 0 amide bonds. The van der Waals surface area contributed by atoms with Gasteiger partial charge in [-0.2, -0.15) is 0 Å². The highest BCUT2D eigenvalue weighted by Crippen LogP contribution is 2.13. The van der Waals surface area contributed by atoms with E-state index < -0.39 is 0 Å². The first kappa shape index (κ1) is 26.4. The maximum Gasteiger partial charge on any atom is 0.191 e. The summed E-state index contributed by atoms with van der Waals surface area (Å²) in [6.07, 6.45) is 8.92. The number of guanidine groups is 1. The average Bonchev–Trinajstić information content (AvgIpc) is 3.27. The molecule has 2 aliphatic heterocycles. The van der Waals surface area contributed by atoms with Crippen molar-refractivity contribution in [3.8, 4) is 0 Å². The molecule has 31 heavy (non-hydrogen) atoms. The van der Waals surface area contributed by atoms with Gasteiger partial charge in [0.15, 0.2) is 5.96 Å². The number of piperidine rings is 1. The maximum atomic E-state index is 5.85. The van der Waals surface area contributed by atoms with E-state index in [-0.39, 0.29) is 30.1 Å². The molecule has 0 aromatic carbocycles. The quantitative estimate of drug-likeness (QED) is 0.265. The van der Waals surface area contributed by atoms with Gasteiger partial charge in [0.25, 0.3) is 0 Å². The van der Waals surface area contributed by atoms with Gasteiger partial charge in [0.1, 0.15) is 5.76 Å². The number of likely N-dealkylation sites (tertiary alicyclic amines) is 1. The molecule has 0 bridgehead atoms. The Kier molecular flexibility index (Phi) is 12.8. The first-order chi connectivity index (χ1) is 14.7. The maximum absolute atomic E-state index is 5.85. The van der Waals surface area contributed by atoms with E-state index in [4.69, 9.17) is 18.9 Å². The zero-order valence-electron chi connectivity index (χ0n) is 19.2. The summed E-state index contributed by atoms with van der Waals surface area (Å²) >= 11 is 0. The number of halogens is 1. The van der Waals surface area contributed by atoms with Crippen LogP contribution in [0.4, 0.5) is 0 Å². The van der Waals surface area contributed by atoms with Crippen molar-refractivity contribution in [3.05, 3.63) is 24.2 Å². The summed E-state index contributed by atoms with van der Waals surface area (Å²) in [6, 6.07) is 4.40. The number of nitrogens with zero attached hydrogens (tertiary/aromatic N) is 2. The van der Waals surface area contributed by atoms with Crippen molar-refractivity contribution in [3.63, 3.8) is 0 Å². The summed E-state index contributed by atoms with van der Waals surface area (Å²) in [6.45, 7) is 10.6. The number of hydrogen-bond donors (Lipinski definition) is 2. The number of aliphatic imine (C=N–C) groups is 1. The molecule has 1 aromatic heterocycles. The third-order valence-corrected chi connectivity index (χ3v) is 5.76. The third kappa shape index (κ3) is 10.5. The Morgan fingerprint density at radius 1 is 1.26 bits per heavy atom. The largest absolute Gasteiger partial charge is 0.469 e. The molecule has 178 valence electrons. The molecule has 3 heterocycles. The van der Waals surface area contributed by atoms with Crippen LogP contribution in [0.1, 0.15) is 51.7 Å². The summed E-state index contributed by atoms with van der Waals surface area (Å²) in [5, 5.41) is 7.16. The van der Waals surface area contributed by atoms with Gasteiger partial charge >= 0.3 is 0 Å². The van der Waals surface area contributed by atoms with Crippen molar-refractivity contribution in [2.24, 2.45) is 4.99 Å². The third-order valence-electron chi connectivity index (χ3n) is 5.76. The van der Waals surface area contributed by atoms with Crippen molar-refractivity contribution in [2.45, 2.75) is 70.6 Å². The normalized spacial score (nSPS) is 21.1. The molecule has 0 radical (unpaired) electrons. The summed E-state index contributed by atoms with van der Waals surface area (Å²) in [7, 11) is 0. The van der Waals surface area contributed by atoms with E-state index in [1.54, 1.807) is 6.26 Å². The summed E-state index contributed by atoms with van der Waals surface area (Å²) in [4.78, 5) is 7.35. The summed E-state index contributed by atoms with van der Waals surface area (Å²) in [5.74, 6) is 1.90. The van der Waals surface area contributed by atoms with Crippen molar-refractivity contribution in [1.29, 1.82) is 0 Å². The Bertz CT molecular complexity index is 598. The van der Waals surface area contributed by atoms with Crippen molar-refractivity contribution in [2.75, 3.05) is 45.9 Å². The Morgan fingerprint density at radius 2 is 2.10 bits per heavy atom. The van der Waals surface area contributed by atoms with Crippen molar-refractivity contribution < 1.29 is 13.9 Å². The van der Waals surface area contributed by atoms with Crippen molar-refractivity contribution >= 4 is 29.9 Å². The molecule has 1 atom stereocenters. The van der Waals surface area contributed by atoms with E-state index in [0.717, 1.165) is 83.3 Å². The highest BCUT2D eigenvalue weighted by Gasteiger charge is 2.20. The van der Waals surface area contributed by atoms with E-state index in [0.29, 0.717) is 12.1 Å². The van der Waals surface area contributed by atoms with Gasteiger partial charge in [-0.1, -0.05) is 0 Å². The molecule has 2 saturated heterocycles. The molecule has 0 saturated carbocycles. The van der Waals surface area contributed by atoms with Crippen LogP contribution in [0.3, 0.4) is 0 Å². The zero-order chi connectivity index (χ0) is 21.0. The summed E-state index contributed by atoms with van der Waals surface area (Å²) < 4.78 is 17.0. The zero-order valence-corrected chi connectivity index (χ0v) is 21.5. The van der Waals surface area contributed by atoms with Crippen LogP contribution in [-0.2, 0) is 15.9 Å². The van der Waals surface area contributed by atoms with Gasteiger partial charge in [0, 0.05) is 45.2 Å². The minimum absolute atomic E-state index is 0. The lowest BCUT2D eigenvalue weighted by Crippen LogP contribution is -2.49. The number of rotatable bonds is 10. The average molecular weight is 549 g/mol. The lowest BCUT2D eigenvalue weighted by atomic mass is 10.1. The SMILES string of the molecule is CC(C)OCCN1CCC(NC(=NCC2CCCCO2)NCCc2ccco2)CC1.I. The highest BCUT2D eigenvalue weighted by molar-refractivity contribution is 14.0. The van der Waals surface area contributed by atoms with Gasteiger partial charge in [-0.15, -0.1) is 24.0 Å². The second kappa shape index (κ2) is 15.1. The second-order valence-electron chi connectivity index (χ2n) is 8.61. The minimum Gasteiger partial charge on any atom is -0.469 e. The molecule has 3 rings (SSSR count). The predicted octanol–water partition coefficient (Wildman–Crippen LogP) is 3.43. The van der Waals surface area contributed by atoms with Gasteiger partial charge in [0.2, 0.25) is 0 Å². The van der Waals surface area contributed by atoms with Crippen LogP contribution in [0, 0.1) is 0 Å². The Labute approximate surface area is 204 Å². The van der Waals surface area contributed by atoms with Crippen LogP contribution >= 0.6 is 24.0 Å². The molecule has 7 nitrogen and oxygen atoms in total.